The lowest BCUT2D eigenvalue weighted by molar-refractivity contribution is 0.0740. The molecule has 0 unspecified atom stereocenters. The van der Waals surface area contributed by atoms with Crippen LogP contribution in [0.4, 0.5) is 16.0 Å². The highest BCUT2D eigenvalue weighted by Gasteiger charge is 2.25. The van der Waals surface area contributed by atoms with E-state index in [-0.39, 0.29) is 11.7 Å². The number of anilines is 2. The van der Waals surface area contributed by atoms with E-state index in [4.69, 9.17) is 0 Å². The van der Waals surface area contributed by atoms with E-state index in [2.05, 4.69) is 26.7 Å². The van der Waals surface area contributed by atoms with Crippen LogP contribution in [-0.4, -0.2) is 60.0 Å². The summed E-state index contributed by atoms with van der Waals surface area (Å²) in [5, 5.41) is 0. The van der Waals surface area contributed by atoms with Gasteiger partial charge < -0.3 is 14.7 Å². The lowest BCUT2D eigenvalue weighted by atomic mass is 10.00. The van der Waals surface area contributed by atoms with E-state index in [0.717, 1.165) is 50.6 Å². The monoisotopic (exact) mass is 383 g/mol. The predicted octanol–water partition coefficient (Wildman–Crippen LogP) is 2.81. The Kier molecular flexibility index (Phi) is 5.41. The van der Waals surface area contributed by atoms with Crippen molar-refractivity contribution in [3.63, 3.8) is 0 Å². The average molecular weight is 383 g/mol. The van der Waals surface area contributed by atoms with Crippen molar-refractivity contribution in [3.8, 4) is 0 Å². The lowest BCUT2D eigenvalue weighted by Gasteiger charge is -2.36. The van der Waals surface area contributed by atoms with Crippen molar-refractivity contribution in [2.75, 3.05) is 49.1 Å². The zero-order valence-corrected chi connectivity index (χ0v) is 16.2. The first-order chi connectivity index (χ1) is 13.6. The minimum absolute atomic E-state index is 0.0483. The topological polar surface area (TPSA) is 52.6 Å². The van der Waals surface area contributed by atoms with Crippen molar-refractivity contribution in [1.82, 2.24) is 14.9 Å². The van der Waals surface area contributed by atoms with E-state index in [1.807, 2.05) is 4.90 Å². The number of carbonyl (C=O) groups excluding carboxylic acids is 1. The molecule has 2 aliphatic rings. The molecule has 2 aromatic rings. The number of halogens is 1. The smallest absolute Gasteiger partial charge is 0.272 e. The number of rotatable bonds is 3. The second-order valence-corrected chi connectivity index (χ2v) is 7.67. The fourth-order valence-corrected chi connectivity index (χ4v) is 3.81. The van der Waals surface area contributed by atoms with E-state index in [0.29, 0.717) is 24.7 Å². The molecule has 0 aliphatic carbocycles. The molecule has 2 fully saturated rings. The Morgan fingerprint density at radius 1 is 0.964 bits per heavy atom. The number of amides is 1. The van der Waals surface area contributed by atoms with E-state index >= 15 is 0 Å². The Balaban J connectivity index is 1.38. The van der Waals surface area contributed by atoms with Crippen LogP contribution in [0.15, 0.2) is 36.5 Å². The van der Waals surface area contributed by atoms with Crippen molar-refractivity contribution in [3.05, 3.63) is 48.0 Å². The summed E-state index contributed by atoms with van der Waals surface area (Å²) in [5.41, 5.74) is 1.44. The fourth-order valence-electron chi connectivity index (χ4n) is 3.81. The molecule has 0 radical (unpaired) electrons. The van der Waals surface area contributed by atoms with Crippen molar-refractivity contribution in [2.24, 2.45) is 5.92 Å². The molecule has 0 saturated carbocycles. The number of nitrogens with zero attached hydrogens (tertiary/aromatic N) is 5. The molecule has 2 aliphatic heterocycles. The van der Waals surface area contributed by atoms with Crippen LogP contribution in [0.3, 0.4) is 0 Å². The van der Waals surface area contributed by atoms with Crippen molar-refractivity contribution in [1.29, 1.82) is 0 Å². The normalized spacial score (nSPS) is 18.4. The third kappa shape index (κ3) is 4.08. The molecule has 148 valence electrons. The number of hydrogen-bond donors (Lipinski definition) is 0. The molecule has 2 saturated heterocycles. The molecule has 0 bridgehead atoms. The summed E-state index contributed by atoms with van der Waals surface area (Å²) >= 11 is 0. The zero-order chi connectivity index (χ0) is 19.5. The minimum atomic E-state index is -0.236. The second-order valence-electron chi connectivity index (χ2n) is 7.67. The summed E-state index contributed by atoms with van der Waals surface area (Å²) in [4.78, 5) is 28.0. The maximum atomic E-state index is 13.1. The third-order valence-corrected chi connectivity index (χ3v) is 5.69. The van der Waals surface area contributed by atoms with Gasteiger partial charge in [0, 0.05) is 51.2 Å². The molecule has 0 atom stereocenters. The van der Waals surface area contributed by atoms with Crippen LogP contribution in [0.2, 0.25) is 0 Å². The van der Waals surface area contributed by atoms with Crippen LogP contribution in [-0.2, 0) is 0 Å². The van der Waals surface area contributed by atoms with Gasteiger partial charge >= 0.3 is 0 Å². The number of carbonyl (C=O) groups is 1. The van der Waals surface area contributed by atoms with Gasteiger partial charge in [-0.25, -0.2) is 14.4 Å². The minimum Gasteiger partial charge on any atom is -0.368 e. The molecule has 6 nitrogen and oxygen atoms in total. The van der Waals surface area contributed by atoms with Crippen LogP contribution in [0.25, 0.3) is 0 Å². The number of piperidine rings is 1. The third-order valence-electron chi connectivity index (χ3n) is 5.69. The largest absolute Gasteiger partial charge is 0.368 e. The molecule has 0 N–H and O–H groups in total. The maximum absolute atomic E-state index is 13.1. The van der Waals surface area contributed by atoms with Gasteiger partial charge in [0.1, 0.15) is 11.5 Å². The Hall–Kier alpha value is -2.70. The average Bonchev–Trinajstić information content (AvgIpc) is 2.74. The van der Waals surface area contributed by atoms with Gasteiger partial charge in [0.25, 0.3) is 5.91 Å². The molecule has 0 spiro atoms. The summed E-state index contributed by atoms with van der Waals surface area (Å²) in [7, 11) is 0. The van der Waals surface area contributed by atoms with E-state index in [9.17, 15) is 9.18 Å². The number of piperazine rings is 1. The van der Waals surface area contributed by atoms with Gasteiger partial charge in [-0.1, -0.05) is 6.92 Å². The molecule has 3 heterocycles. The van der Waals surface area contributed by atoms with Crippen molar-refractivity contribution in [2.45, 2.75) is 19.8 Å². The van der Waals surface area contributed by atoms with Crippen LogP contribution in [0.1, 0.15) is 30.3 Å². The van der Waals surface area contributed by atoms with Gasteiger partial charge in [0.05, 0.1) is 0 Å². The van der Waals surface area contributed by atoms with Gasteiger partial charge in [-0.3, -0.25) is 4.79 Å². The molecule has 7 heteroatoms. The zero-order valence-electron chi connectivity index (χ0n) is 16.2. The van der Waals surface area contributed by atoms with Gasteiger partial charge in [-0.2, -0.15) is 0 Å². The number of aromatic nitrogens is 2. The predicted molar refractivity (Wildman–Crippen MR) is 107 cm³/mol. The molecule has 28 heavy (non-hydrogen) atoms. The number of benzene rings is 1. The summed E-state index contributed by atoms with van der Waals surface area (Å²) in [6.45, 7) is 6.83. The highest BCUT2D eigenvalue weighted by Crippen LogP contribution is 2.21. The highest BCUT2D eigenvalue weighted by atomic mass is 19.1. The van der Waals surface area contributed by atoms with Gasteiger partial charge in [0.15, 0.2) is 0 Å². The Bertz CT molecular complexity index is 812. The molecular formula is C21H26FN5O. The van der Waals surface area contributed by atoms with E-state index in [1.165, 1.54) is 12.1 Å². The second kappa shape index (κ2) is 8.12. The van der Waals surface area contributed by atoms with Crippen LogP contribution < -0.4 is 9.80 Å². The maximum Gasteiger partial charge on any atom is 0.272 e. The molecule has 1 aromatic heterocycles. The van der Waals surface area contributed by atoms with E-state index < -0.39 is 0 Å². The van der Waals surface area contributed by atoms with Gasteiger partial charge in [-0.05, 0) is 49.1 Å². The summed E-state index contributed by atoms with van der Waals surface area (Å²) < 4.78 is 13.1. The molecule has 4 rings (SSSR count). The van der Waals surface area contributed by atoms with Crippen molar-refractivity contribution >= 4 is 17.5 Å². The first-order valence-corrected chi connectivity index (χ1v) is 9.98. The van der Waals surface area contributed by atoms with Gasteiger partial charge in [0.2, 0.25) is 5.95 Å². The van der Waals surface area contributed by atoms with Crippen LogP contribution >= 0.6 is 0 Å². The quantitative estimate of drug-likeness (QED) is 0.816. The van der Waals surface area contributed by atoms with Crippen LogP contribution in [0.5, 0.6) is 0 Å². The van der Waals surface area contributed by atoms with Gasteiger partial charge in [-0.15, -0.1) is 0 Å². The fraction of sp³-hybridized carbons (Fsp3) is 0.476. The standard InChI is InChI=1S/C21H26FN5O/c1-16-7-10-27(11-8-16)21-23-9-6-19(24-21)20(28)26-14-12-25(13-15-26)18-4-2-17(22)3-5-18/h2-6,9,16H,7-8,10-15H2,1H3. The van der Waals surface area contributed by atoms with E-state index in [1.54, 1.807) is 24.4 Å². The summed E-state index contributed by atoms with van der Waals surface area (Å²) in [6, 6.07) is 8.20. The Morgan fingerprint density at radius 3 is 2.32 bits per heavy atom. The number of hydrogen-bond acceptors (Lipinski definition) is 5. The lowest BCUT2D eigenvalue weighted by Crippen LogP contribution is -2.49. The first kappa shape index (κ1) is 18.7. The molecule has 1 aromatic carbocycles. The SMILES string of the molecule is CC1CCN(c2nccc(C(=O)N3CCN(c4ccc(F)cc4)CC3)n2)CC1. The molecule has 1 amide bonds. The molecular weight excluding hydrogens is 357 g/mol. The highest BCUT2D eigenvalue weighted by molar-refractivity contribution is 5.92. The Labute approximate surface area is 165 Å². The van der Waals surface area contributed by atoms with Crippen molar-refractivity contribution < 1.29 is 9.18 Å². The Morgan fingerprint density at radius 2 is 1.64 bits per heavy atom. The van der Waals surface area contributed by atoms with Crippen LogP contribution in [0, 0.1) is 11.7 Å². The summed E-state index contributed by atoms with van der Waals surface area (Å²) in [6.07, 6.45) is 3.95. The first-order valence-electron chi connectivity index (χ1n) is 9.98. The summed E-state index contributed by atoms with van der Waals surface area (Å²) in [5.74, 6) is 1.11.